The minimum Gasteiger partial charge on any atom is -0.456 e. The molecule has 0 unspecified atom stereocenters. The van der Waals surface area contributed by atoms with Crippen molar-refractivity contribution in [1.29, 1.82) is 0 Å². The molecule has 5 nitrogen and oxygen atoms in total. The fourth-order valence-corrected chi connectivity index (χ4v) is 5.67. The lowest BCUT2D eigenvalue weighted by atomic mass is 9.96. The highest BCUT2D eigenvalue weighted by Crippen LogP contribution is 2.42. The lowest BCUT2D eigenvalue weighted by Crippen LogP contribution is -2.00. The van der Waals surface area contributed by atoms with Crippen molar-refractivity contribution in [1.82, 2.24) is 15.0 Å². The number of hydrogen-bond donors (Lipinski definition) is 0. The van der Waals surface area contributed by atoms with E-state index in [9.17, 15) is 5.48 Å². The van der Waals surface area contributed by atoms with Crippen LogP contribution in [0.5, 0.6) is 0 Å². The molecule has 0 amide bonds. The molecule has 0 spiro atoms. The largest absolute Gasteiger partial charge is 0.456 e. The van der Waals surface area contributed by atoms with E-state index in [2.05, 4.69) is 15.0 Å². The summed E-state index contributed by atoms with van der Waals surface area (Å²) in [6, 6.07) is -2.61. The van der Waals surface area contributed by atoms with Crippen molar-refractivity contribution >= 4 is 43.9 Å². The van der Waals surface area contributed by atoms with Crippen molar-refractivity contribution in [3.05, 3.63) is 163 Å². The summed E-state index contributed by atoms with van der Waals surface area (Å²) in [5, 5.41) is -0.758. The van der Waals surface area contributed by atoms with E-state index in [1.54, 1.807) is 30.3 Å². The second kappa shape index (κ2) is 11.4. The molecule has 0 saturated carbocycles. The summed E-state index contributed by atoms with van der Waals surface area (Å²) in [5.41, 5.74) is -3.38. The first-order valence-electron chi connectivity index (χ1n) is 25.0. The minimum atomic E-state index is -0.836. The van der Waals surface area contributed by atoms with Crippen LogP contribution in [0.15, 0.2) is 172 Å². The van der Waals surface area contributed by atoms with E-state index >= 15 is 0 Å². The van der Waals surface area contributed by atoms with Gasteiger partial charge in [-0.15, -0.1) is 0 Å². The van der Waals surface area contributed by atoms with Gasteiger partial charge >= 0.3 is 0 Å². The van der Waals surface area contributed by atoms with Crippen LogP contribution in [-0.2, 0) is 0 Å². The topological polar surface area (TPSA) is 65.0 Å². The van der Waals surface area contributed by atoms with Crippen LogP contribution in [0.1, 0.15) is 27.4 Å². The third-order valence-electron chi connectivity index (χ3n) is 7.90. The Labute approximate surface area is 315 Å². The van der Waals surface area contributed by atoms with Crippen LogP contribution in [0, 0.1) is 0 Å². The van der Waals surface area contributed by atoms with Crippen LogP contribution < -0.4 is 0 Å². The van der Waals surface area contributed by atoms with Crippen LogP contribution in [0.4, 0.5) is 0 Å². The van der Waals surface area contributed by atoms with E-state index in [1.807, 2.05) is 0 Å². The summed E-state index contributed by atoms with van der Waals surface area (Å²) in [4.78, 5) is 13.3. The second-order valence-electron chi connectivity index (χ2n) is 10.8. The molecule has 10 aromatic rings. The number of para-hydroxylation sites is 2. The Bertz CT molecular complexity index is 4000. The zero-order valence-electron chi connectivity index (χ0n) is 45.2. The predicted molar refractivity (Wildman–Crippen MR) is 202 cm³/mol. The average molecular weight is 662 g/mol. The molecule has 5 heteroatoms. The first-order chi connectivity index (χ1) is 33.1. The lowest BCUT2D eigenvalue weighted by molar-refractivity contribution is 0.669. The van der Waals surface area contributed by atoms with Gasteiger partial charge in [-0.05, 0) is 46.9 Å². The van der Waals surface area contributed by atoms with Crippen molar-refractivity contribution in [2.45, 2.75) is 0 Å². The fourth-order valence-electron chi connectivity index (χ4n) is 5.67. The standard InChI is InChI=1S/C45H27N3O2/c1-3-12-28(13-4-1)43-46-44(29-14-5-2-6-15-29)48-45(47-43)32-17-9-16-30(26-32)31-24-25-37-40(27-31)49-39-23-11-19-34(41(37)39)36-21-10-20-35-33-18-7-8-22-38(33)50-42(35)36/h1-27H/i1D,3D,4D,7D,8D,9D,10D,11D,12D,13D,16D,17D,18D,20D,22D,23D,24D,25D,26D,27D. The number of rotatable bonds is 5. The molecule has 3 heterocycles. The van der Waals surface area contributed by atoms with Gasteiger partial charge in [0.05, 0.1) is 27.4 Å². The number of aromatic nitrogens is 3. The zero-order chi connectivity index (χ0) is 50.4. The van der Waals surface area contributed by atoms with Gasteiger partial charge in [0.15, 0.2) is 17.5 Å². The average Bonchev–Trinajstić information content (AvgIpc) is 3.95. The molecule has 0 aliphatic carbocycles. The molecule has 0 atom stereocenters. The van der Waals surface area contributed by atoms with Crippen LogP contribution in [-0.4, -0.2) is 15.0 Å². The summed E-state index contributed by atoms with van der Waals surface area (Å²) in [6.07, 6.45) is 0. The molecule has 7 aromatic carbocycles. The maximum absolute atomic E-state index is 9.55. The molecule has 3 aromatic heterocycles. The highest BCUT2D eigenvalue weighted by molar-refractivity contribution is 6.17. The Hall–Kier alpha value is -6.85. The Balaban J connectivity index is 1.27. The van der Waals surface area contributed by atoms with Crippen LogP contribution >= 0.6 is 0 Å². The smallest absolute Gasteiger partial charge is 0.164 e. The third-order valence-corrected chi connectivity index (χ3v) is 7.90. The number of fused-ring (bicyclic) bond motifs is 6. The van der Waals surface area contributed by atoms with Crippen LogP contribution in [0.25, 0.3) is 100 Å². The van der Waals surface area contributed by atoms with Gasteiger partial charge in [0.1, 0.15) is 22.3 Å². The molecule has 50 heavy (non-hydrogen) atoms. The minimum absolute atomic E-state index is 0.0570. The SMILES string of the molecule is [2H]c1cc(-c2cc([2H])c([2H])c3c2oc2c([2H])c([2H])c([2H])c([2H])c23)c2c(oc3c([2H])c(-c4c([2H])c([2H])c([2H])c(-c5nc(-c6ccccc6)nc(-c6c([2H])c([2H])c([2H])c([2H])c6[2H])n5)c4[2H])c([2H])c([2H])c32)c1[2H]. The van der Waals surface area contributed by atoms with Gasteiger partial charge in [-0.1, -0.05) is 133 Å². The summed E-state index contributed by atoms with van der Waals surface area (Å²) in [7, 11) is 0. The van der Waals surface area contributed by atoms with Crippen molar-refractivity contribution in [3.63, 3.8) is 0 Å². The predicted octanol–water partition coefficient (Wildman–Crippen LogP) is 12.0. The highest BCUT2D eigenvalue weighted by atomic mass is 16.3. The molecule has 234 valence electrons. The number of furan rings is 2. The van der Waals surface area contributed by atoms with Crippen molar-refractivity contribution in [2.24, 2.45) is 0 Å². The zero-order valence-corrected chi connectivity index (χ0v) is 25.2. The van der Waals surface area contributed by atoms with Gasteiger partial charge in [0, 0.05) is 43.8 Å². The number of hydrogen-bond acceptors (Lipinski definition) is 5. The second-order valence-corrected chi connectivity index (χ2v) is 10.8. The first kappa shape index (κ1) is 14.7. The molecule has 0 N–H and O–H groups in total. The Morgan fingerprint density at radius 2 is 1.06 bits per heavy atom. The van der Waals surface area contributed by atoms with Crippen molar-refractivity contribution in [2.75, 3.05) is 0 Å². The molecule has 0 bridgehead atoms. The van der Waals surface area contributed by atoms with E-state index in [4.69, 9.17) is 30.8 Å². The number of benzene rings is 7. The molecule has 10 rings (SSSR count). The van der Waals surface area contributed by atoms with Gasteiger partial charge in [0.2, 0.25) is 0 Å². The molecule has 0 radical (unpaired) electrons. The van der Waals surface area contributed by atoms with E-state index in [0.29, 0.717) is 5.56 Å². The van der Waals surface area contributed by atoms with Gasteiger partial charge < -0.3 is 8.83 Å². The monoisotopic (exact) mass is 661 g/mol. The van der Waals surface area contributed by atoms with Crippen LogP contribution in [0.3, 0.4) is 0 Å². The fraction of sp³-hybridized carbons (Fsp3) is 0. The lowest BCUT2D eigenvalue weighted by Gasteiger charge is -2.09. The van der Waals surface area contributed by atoms with Gasteiger partial charge in [-0.25, -0.2) is 15.0 Å². The number of nitrogens with zero attached hydrogens (tertiary/aromatic N) is 3. The molecular formula is C45H27N3O2. The van der Waals surface area contributed by atoms with E-state index in [-0.39, 0.29) is 55.2 Å². The van der Waals surface area contributed by atoms with Crippen molar-refractivity contribution < 1.29 is 36.2 Å². The Morgan fingerprint density at radius 3 is 1.94 bits per heavy atom. The molecular weight excluding hydrogens is 615 g/mol. The van der Waals surface area contributed by atoms with Crippen LogP contribution in [0.2, 0.25) is 0 Å². The van der Waals surface area contributed by atoms with E-state index in [0.717, 1.165) is 0 Å². The van der Waals surface area contributed by atoms with Gasteiger partial charge in [0.25, 0.3) is 0 Å². The highest BCUT2D eigenvalue weighted by Gasteiger charge is 2.18. The van der Waals surface area contributed by atoms with Crippen molar-refractivity contribution in [3.8, 4) is 56.4 Å². The Kier molecular flexibility index (Phi) is 3.36. The Morgan fingerprint density at radius 1 is 0.400 bits per heavy atom. The maximum atomic E-state index is 9.55. The summed E-state index contributed by atoms with van der Waals surface area (Å²) in [5.74, 6) is -1.12. The normalized spacial score (nSPS) is 17.2. The summed E-state index contributed by atoms with van der Waals surface area (Å²) < 4.78 is 188. The third kappa shape index (κ3) is 4.67. The summed E-state index contributed by atoms with van der Waals surface area (Å²) >= 11 is 0. The molecule has 0 saturated heterocycles. The maximum Gasteiger partial charge on any atom is 0.164 e. The van der Waals surface area contributed by atoms with Gasteiger partial charge in [-0.3, -0.25) is 0 Å². The van der Waals surface area contributed by atoms with Gasteiger partial charge in [-0.2, -0.15) is 0 Å². The summed E-state index contributed by atoms with van der Waals surface area (Å²) in [6.45, 7) is 0. The van der Waals surface area contributed by atoms with E-state index < -0.39 is 160 Å². The first-order valence-corrected chi connectivity index (χ1v) is 15.0. The quantitative estimate of drug-likeness (QED) is 0.184. The molecule has 0 fully saturated rings. The molecule has 0 aliphatic rings. The molecule has 0 aliphatic heterocycles. The van der Waals surface area contributed by atoms with E-state index in [1.165, 1.54) is 12.1 Å².